The molecule has 4 nitrogen and oxygen atoms in total. The number of hydrogen-bond donors (Lipinski definition) is 1. The minimum absolute atomic E-state index is 0.0476. The normalized spacial score (nSPS) is 9.96. The van der Waals surface area contributed by atoms with E-state index in [2.05, 4.69) is 11.1 Å². The maximum Gasteiger partial charge on any atom is 0.267 e. The maximum absolute atomic E-state index is 12.4. The fraction of sp³-hybridized carbons (Fsp3) is 0.0500. The van der Waals surface area contributed by atoms with Gasteiger partial charge in [0.05, 0.1) is 11.3 Å². The van der Waals surface area contributed by atoms with Crippen LogP contribution in [0.2, 0.25) is 0 Å². The van der Waals surface area contributed by atoms with Crippen LogP contribution in [0.15, 0.2) is 59.4 Å². The molecular weight excluding hydrogens is 298 g/mol. The van der Waals surface area contributed by atoms with Crippen molar-refractivity contribution in [3.8, 4) is 34.5 Å². The number of aromatic nitrogens is 1. The Morgan fingerprint density at radius 1 is 0.833 bits per heavy atom. The summed E-state index contributed by atoms with van der Waals surface area (Å²) in [6, 6.07) is 20.6. The van der Waals surface area contributed by atoms with E-state index in [0.29, 0.717) is 22.4 Å². The molecule has 24 heavy (non-hydrogen) atoms. The van der Waals surface area contributed by atoms with E-state index < -0.39 is 5.56 Å². The van der Waals surface area contributed by atoms with Gasteiger partial charge >= 0.3 is 0 Å². The molecule has 1 aromatic heterocycles. The van der Waals surface area contributed by atoms with E-state index >= 15 is 0 Å². The summed E-state index contributed by atoms with van der Waals surface area (Å²) in [5.41, 5.74) is 3.04. The van der Waals surface area contributed by atoms with Gasteiger partial charge in [0.25, 0.3) is 5.56 Å². The summed E-state index contributed by atoms with van der Waals surface area (Å²) in [7, 11) is 0. The van der Waals surface area contributed by atoms with Crippen LogP contribution >= 0.6 is 0 Å². The molecule has 1 heterocycles. The lowest BCUT2D eigenvalue weighted by atomic mass is 9.93. The van der Waals surface area contributed by atoms with Crippen LogP contribution < -0.4 is 5.56 Å². The van der Waals surface area contributed by atoms with Gasteiger partial charge in [0.15, 0.2) is 0 Å². The van der Waals surface area contributed by atoms with Gasteiger partial charge in [0.1, 0.15) is 17.7 Å². The van der Waals surface area contributed by atoms with Gasteiger partial charge in [-0.25, -0.2) is 0 Å². The standard InChI is InChI=1S/C20H13N3O/c1-13-7-9-15(10-8-13)19-16(11-21)18(14-5-3-2-4-6-14)17(12-22)20(24)23-19/h2-10H,1H3,(H,23,24). The number of aryl methyl sites for hydroxylation is 1. The van der Waals surface area contributed by atoms with Gasteiger partial charge in [-0.05, 0) is 18.1 Å². The molecule has 0 amide bonds. The first kappa shape index (κ1) is 15.3. The molecule has 0 atom stereocenters. The van der Waals surface area contributed by atoms with E-state index in [-0.39, 0.29) is 5.56 Å². The highest BCUT2D eigenvalue weighted by molar-refractivity contribution is 5.83. The average Bonchev–Trinajstić information content (AvgIpc) is 2.62. The molecule has 1 N–H and O–H groups in total. The third kappa shape index (κ3) is 2.58. The van der Waals surface area contributed by atoms with Gasteiger partial charge in [0, 0.05) is 5.56 Å². The van der Waals surface area contributed by atoms with Gasteiger partial charge < -0.3 is 4.98 Å². The number of aromatic amines is 1. The van der Waals surface area contributed by atoms with Crippen LogP contribution in [0.1, 0.15) is 16.7 Å². The Labute approximate surface area is 139 Å². The minimum atomic E-state index is -0.495. The SMILES string of the molecule is Cc1ccc(-c2[nH]c(=O)c(C#N)c(-c3ccccc3)c2C#N)cc1. The third-order valence-electron chi connectivity index (χ3n) is 3.84. The average molecular weight is 311 g/mol. The van der Waals surface area contributed by atoms with E-state index in [1.165, 1.54) is 0 Å². The van der Waals surface area contributed by atoms with Crippen LogP contribution in [0.25, 0.3) is 22.4 Å². The topological polar surface area (TPSA) is 80.4 Å². The first-order valence-electron chi connectivity index (χ1n) is 7.38. The zero-order chi connectivity index (χ0) is 17.1. The minimum Gasteiger partial charge on any atom is -0.320 e. The fourth-order valence-electron chi connectivity index (χ4n) is 2.65. The lowest BCUT2D eigenvalue weighted by Crippen LogP contribution is -2.15. The van der Waals surface area contributed by atoms with E-state index in [0.717, 1.165) is 11.1 Å². The van der Waals surface area contributed by atoms with Crippen molar-refractivity contribution in [1.82, 2.24) is 4.98 Å². The molecule has 0 saturated carbocycles. The van der Waals surface area contributed by atoms with Crippen molar-refractivity contribution >= 4 is 0 Å². The number of nitrogens with one attached hydrogen (secondary N) is 1. The van der Waals surface area contributed by atoms with Crippen LogP contribution in [0.5, 0.6) is 0 Å². The summed E-state index contributed by atoms with van der Waals surface area (Å²) < 4.78 is 0. The van der Waals surface area contributed by atoms with Crippen molar-refractivity contribution in [2.75, 3.05) is 0 Å². The molecular formula is C20H13N3O. The Hall–Kier alpha value is -3.63. The van der Waals surface area contributed by atoms with Crippen LogP contribution in [0.4, 0.5) is 0 Å². The van der Waals surface area contributed by atoms with E-state index in [1.807, 2.05) is 55.5 Å². The molecule has 4 heteroatoms. The van der Waals surface area contributed by atoms with Gasteiger partial charge in [-0.2, -0.15) is 10.5 Å². The smallest absolute Gasteiger partial charge is 0.267 e. The zero-order valence-electron chi connectivity index (χ0n) is 13.0. The van der Waals surface area contributed by atoms with Crippen molar-refractivity contribution in [1.29, 1.82) is 10.5 Å². The Morgan fingerprint density at radius 3 is 2.04 bits per heavy atom. The Morgan fingerprint density at radius 2 is 1.46 bits per heavy atom. The van der Waals surface area contributed by atoms with E-state index in [1.54, 1.807) is 12.1 Å². The predicted molar refractivity (Wildman–Crippen MR) is 92.1 cm³/mol. The second kappa shape index (κ2) is 6.24. The summed E-state index contributed by atoms with van der Waals surface area (Å²) >= 11 is 0. The number of pyridine rings is 1. The zero-order valence-corrected chi connectivity index (χ0v) is 13.0. The number of nitriles is 2. The Kier molecular flexibility index (Phi) is 3.97. The van der Waals surface area contributed by atoms with E-state index in [4.69, 9.17) is 0 Å². The monoisotopic (exact) mass is 311 g/mol. The summed E-state index contributed by atoms with van der Waals surface area (Å²) in [5, 5.41) is 19.1. The third-order valence-corrected chi connectivity index (χ3v) is 3.84. The quantitative estimate of drug-likeness (QED) is 0.782. The molecule has 2 aromatic carbocycles. The van der Waals surface area contributed by atoms with Gasteiger partial charge in [0.2, 0.25) is 0 Å². The number of rotatable bonds is 2. The molecule has 0 spiro atoms. The molecule has 0 bridgehead atoms. The molecule has 114 valence electrons. The number of benzene rings is 2. The fourth-order valence-corrected chi connectivity index (χ4v) is 2.65. The number of nitrogens with zero attached hydrogens (tertiary/aromatic N) is 2. The van der Waals surface area contributed by atoms with Gasteiger partial charge in [-0.15, -0.1) is 0 Å². The molecule has 3 rings (SSSR count). The lowest BCUT2D eigenvalue weighted by molar-refractivity contribution is 1.20. The van der Waals surface area contributed by atoms with Crippen LogP contribution in [-0.2, 0) is 0 Å². The summed E-state index contributed by atoms with van der Waals surface area (Å²) in [6.45, 7) is 1.96. The molecule has 0 fully saturated rings. The highest BCUT2D eigenvalue weighted by atomic mass is 16.1. The van der Waals surface area contributed by atoms with Gasteiger partial charge in [-0.3, -0.25) is 4.79 Å². The first-order valence-corrected chi connectivity index (χ1v) is 7.38. The van der Waals surface area contributed by atoms with Crippen LogP contribution in [0, 0.1) is 29.6 Å². The Bertz CT molecular complexity index is 1030. The Balaban J connectivity index is 2.40. The molecule has 0 radical (unpaired) electrons. The molecule has 0 aliphatic heterocycles. The summed E-state index contributed by atoms with van der Waals surface area (Å²) in [6.07, 6.45) is 0. The van der Waals surface area contributed by atoms with Crippen molar-refractivity contribution in [2.24, 2.45) is 0 Å². The van der Waals surface area contributed by atoms with Crippen molar-refractivity contribution in [3.63, 3.8) is 0 Å². The second-order valence-electron chi connectivity index (χ2n) is 5.41. The predicted octanol–water partition coefficient (Wildman–Crippen LogP) is 3.76. The van der Waals surface area contributed by atoms with Crippen LogP contribution in [-0.4, -0.2) is 4.98 Å². The van der Waals surface area contributed by atoms with Crippen molar-refractivity contribution < 1.29 is 0 Å². The number of H-pyrrole nitrogens is 1. The highest BCUT2D eigenvalue weighted by Crippen LogP contribution is 2.31. The largest absolute Gasteiger partial charge is 0.320 e. The summed E-state index contributed by atoms with van der Waals surface area (Å²) in [5.74, 6) is 0. The molecule has 0 aliphatic carbocycles. The highest BCUT2D eigenvalue weighted by Gasteiger charge is 2.19. The second-order valence-corrected chi connectivity index (χ2v) is 5.41. The van der Waals surface area contributed by atoms with Gasteiger partial charge in [-0.1, -0.05) is 60.2 Å². The van der Waals surface area contributed by atoms with Crippen LogP contribution in [0.3, 0.4) is 0 Å². The molecule has 3 aromatic rings. The van der Waals surface area contributed by atoms with Crippen molar-refractivity contribution in [2.45, 2.75) is 6.92 Å². The summed E-state index contributed by atoms with van der Waals surface area (Å²) in [4.78, 5) is 15.1. The maximum atomic E-state index is 12.4. The number of hydrogen-bond acceptors (Lipinski definition) is 3. The first-order chi connectivity index (χ1) is 11.7. The molecule has 0 saturated heterocycles. The lowest BCUT2D eigenvalue weighted by Gasteiger charge is -2.11. The molecule has 0 unspecified atom stereocenters. The van der Waals surface area contributed by atoms with E-state index in [9.17, 15) is 15.3 Å². The van der Waals surface area contributed by atoms with Crippen molar-refractivity contribution in [3.05, 3.63) is 81.6 Å². The molecule has 0 aliphatic rings.